The molecule has 2 aromatic carbocycles. The summed E-state index contributed by atoms with van der Waals surface area (Å²) in [6.07, 6.45) is 2.81. The molecule has 1 spiro atoms. The molecular weight excluding hydrogens is 356 g/mol. The molecule has 1 saturated heterocycles. The molecule has 0 radical (unpaired) electrons. The number of piperidine rings is 1. The third-order valence-corrected chi connectivity index (χ3v) is 6.10. The average molecular weight is 382 g/mol. The zero-order valence-electron chi connectivity index (χ0n) is 16.2. The molecule has 0 aliphatic carbocycles. The van der Waals surface area contributed by atoms with E-state index < -0.39 is 0 Å². The molecular formula is C22H26N2O4. The minimum atomic E-state index is -0.359. The van der Waals surface area contributed by atoms with Crippen LogP contribution in [0.25, 0.3) is 0 Å². The number of nitro benzene ring substituents is 1. The van der Waals surface area contributed by atoms with Gasteiger partial charge in [0.15, 0.2) is 0 Å². The van der Waals surface area contributed by atoms with Crippen molar-refractivity contribution >= 4 is 5.69 Å². The lowest BCUT2D eigenvalue weighted by Gasteiger charge is -2.43. The van der Waals surface area contributed by atoms with E-state index in [1.807, 2.05) is 30.3 Å². The predicted octanol–water partition coefficient (Wildman–Crippen LogP) is 3.97. The topological polar surface area (TPSA) is 64.8 Å². The van der Waals surface area contributed by atoms with E-state index in [0.29, 0.717) is 6.61 Å². The highest BCUT2D eigenvalue weighted by Crippen LogP contribution is 2.37. The molecule has 0 aromatic heterocycles. The number of rotatable bonds is 4. The van der Waals surface area contributed by atoms with Gasteiger partial charge < -0.3 is 14.4 Å². The quantitative estimate of drug-likeness (QED) is 0.591. The molecule has 2 heterocycles. The third kappa shape index (κ3) is 3.88. The number of hydrogen-bond acceptors (Lipinski definition) is 5. The van der Waals surface area contributed by atoms with Gasteiger partial charge in [-0.2, -0.15) is 0 Å². The van der Waals surface area contributed by atoms with Gasteiger partial charge in [-0.05, 0) is 37.8 Å². The van der Waals surface area contributed by atoms with Crippen LogP contribution in [-0.2, 0) is 17.8 Å². The van der Waals surface area contributed by atoms with Gasteiger partial charge in [0.2, 0.25) is 0 Å². The number of likely N-dealkylation sites (tertiary alicyclic amines) is 1. The summed E-state index contributed by atoms with van der Waals surface area (Å²) < 4.78 is 12.6. The summed E-state index contributed by atoms with van der Waals surface area (Å²) in [6, 6.07) is 15.0. The number of benzene rings is 2. The van der Waals surface area contributed by atoms with E-state index in [9.17, 15) is 10.1 Å². The van der Waals surface area contributed by atoms with Gasteiger partial charge in [0, 0.05) is 37.3 Å². The second-order valence-corrected chi connectivity index (χ2v) is 7.74. The normalized spacial score (nSPS) is 21.5. The van der Waals surface area contributed by atoms with Crippen molar-refractivity contribution in [1.82, 2.24) is 4.90 Å². The summed E-state index contributed by atoms with van der Waals surface area (Å²) in [5, 5.41) is 10.8. The maximum atomic E-state index is 10.8. The molecule has 0 saturated carbocycles. The fraction of sp³-hybridized carbons (Fsp3) is 0.455. The van der Waals surface area contributed by atoms with Crippen LogP contribution in [0.2, 0.25) is 0 Å². The van der Waals surface area contributed by atoms with Gasteiger partial charge in [-0.1, -0.05) is 30.3 Å². The lowest BCUT2D eigenvalue weighted by Crippen LogP contribution is -2.53. The summed E-state index contributed by atoms with van der Waals surface area (Å²) in [4.78, 5) is 12.8. The Morgan fingerprint density at radius 2 is 1.86 bits per heavy atom. The first-order chi connectivity index (χ1) is 13.6. The van der Waals surface area contributed by atoms with Gasteiger partial charge in [0.25, 0.3) is 5.69 Å². The Labute approximate surface area is 165 Å². The Hall–Kier alpha value is -2.44. The Balaban J connectivity index is 1.32. The van der Waals surface area contributed by atoms with Crippen molar-refractivity contribution in [2.24, 2.45) is 0 Å². The van der Waals surface area contributed by atoms with Crippen LogP contribution in [0, 0.1) is 10.1 Å². The maximum absolute atomic E-state index is 10.8. The monoisotopic (exact) mass is 382 g/mol. The molecule has 1 unspecified atom stereocenters. The molecule has 1 fully saturated rings. The number of nitrogens with zero attached hydrogens (tertiary/aromatic N) is 2. The van der Waals surface area contributed by atoms with Crippen molar-refractivity contribution in [3.8, 4) is 5.75 Å². The fourth-order valence-electron chi connectivity index (χ4n) is 4.15. The van der Waals surface area contributed by atoms with E-state index in [1.54, 1.807) is 12.1 Å². The van der Waals surface area contributed by atoms with E-state index in [2.05, 4.69) is 17.9 Å². The molecule has 2 aliphatic rings. The maximum Gasteiger partial charge on any atom is 0.269 e. The Bertz CT molecular complexity index is 829. The first-order valence-electron chi connectivity index (χ1n) is 9.90. The zero-order valence-corrected chi connectivity index (χ0v) is 16.2. The molecule has 148 valence electrons. The molecule has 0 N–H and O–H groups in total. The van der Waals surface area contributed by atoms with Crippen molar-refractivity contribution in [1.29, 1.82) is 0 Å². The molecule has 0 amide bonds. The number of fused-ring (bicyclic) bond motifs is 1. The highest BCUT2D eigenvalue weighted by Gasteiger charge is 2.43. The van der Waals surface area contributed by atoms with Gasteiger partial charge in [-0.25, -0.2) is 0 Å². The Morgan fingerprint density at radius 1 is 1.14 bits per heavy atom. The summed E-state index contributed by atoms with van der Waals surface area (Å²) >= 11 is 0. The van der Waals surface area contributed by atoms with Crippen molar-refractivity contribution in [3.63, 3.8) is 0 Å². The minimum absolute atomic E-state index is 0.0213. The lowest BCUT2D eigenvalue weighted by atomic mass is 9.86. The van der Waals surface area contributed by atoms with Crippen LogP contribution in [0.1, 0.15) is 30.9 Å². The summed E-state index contributed by atoms with van der Waals surface area (Å²) in [5.74, 6) is 0.937. The van der Waals surface area contributed by atoms with E-state index in [0.717, 1.165) is 55.8 Å². The van der Waals surface area contributed by atoms with Crippen LogP contribution in [0.4, 0.5) is 5.69 Å². The summed E-state index contributed by atoms with van der Waals surface area (Å²) in [6.45, 7) is 5.61. The third-order valence-electron chi connectivity index (χ3n) is 6.10. The smallest absolute Gasteiger partial charge is 0.269 e. The molecule has 1 atom stereocenters. The number of hydrogen-bond donors (Lipinski definition) is 0. The van der Waals surface area contributed by atoms with Crippen LogP contribution in [0.15, 0.2) is 48.5 Å². The van der Waals surface area contributed by atoms with Crippen LogP contribution < -0.4 is 4.74 Å². The Kier molecular flexibility index (Phi) is 5.33. The van der Waals surface area contributed by atoms with Crippen LogP contribution in [0.3, 0.4) is 0 Å². The molecule has 28 heavy (non-hydrogen) atoms. The second-order valence-electron chi connectivity index (χ2n) is 7.74. The summed E-state index contributed by atoms with van der Waals surface area (Å²) in [5.41, 5.74) is 2.16. The van der Waals surface area contributed by atoms with Gasteiger partial charge in [-0.15, -0.1) is 0 Å². The fourth-order valence-corrected chi connectivity index (χ4v) is 4.15. The molecule has 0 bridgehead atoms. The second kappa shape index (κ2) is 7.89. The van der Waals surface area contributed by atoms with Crippen LogP contribution >= 0.6 is 0 Å². The zero-order chi connectivity index (χ0) is 19.6. The molecule has 4 rings (SSSR count). The number of ether oxygens (including phenoxy) is 2. The van der Waals surface area contributed by atoms with E-state index in [4.69, 9.17) is 9.47 Å². The van der Waals surface area contributed by atoms with Gasteiger partial charge in [-0.3, -0.25) is 10.1 Å². The van der Waals surface area contributed by atoms with Crippen molar-refractivity contribution in [2.75, 3.05) is 19.6 Å². The van der Waals surface area contributed by atoms with E-state index in [1.165, 1.54) is 0 Å². The van der Waals surface area contributed by atoms with Crippen molar-refractivity contribution in [3.05, 3.63) is 69.8 Å². The molecule has 6 heteroatoms. The average Bonchev–Trinajstić information content (AvgIpc) is 2.85. The highest BCUT2D eigenvalue weighted by molar-refractivity contribution is 5.34. The lowest BCUT2D eigenvalue weighted by molar-refractivity contribution is -0.384. The van der Waals surface area contributed by atoms with Crippen LogP contribution in [-0.4, -0.2) is 41.2 Å². The van der Waals surface area contributed by atoms with Gasteiger partial charge >= 0.3 is 0 Å². The number of para-hydroxylation sites is 1. The van der Waals surface area contributed by atoms with E-state index in [-0.39, 0.29) is 22.3 Å². The first-order valence-corrected chi connectivity index (χ1v) is 9.90. The SMILES string of the molecule is CC1Oc2ccccc2COC12CCN(CCc1ccc([N+](=O)[O-])cc1)CC2. The van der Waals surface area contributed by atoms with E-state index >= 15 is 0 Å². The number of nitro groups is 1. The molecule has 2 aliphatic heterocycles. The molecule has 2 aromatic rings. The standard InChI is InChI=1S/C22H26N2O4/c1-17-22(27-16-19-4-2-3-5-21(19)28-17)11-14-23(15-12-22)13-10-18-6-8-20(9-7-18)24(25)26/h2-9,17H,10-16H2,1H3. The van der Waals surface area contributed by atoms with Crippen molar-refractivity contribution in [2.45, 2.75) is 44.5 Å². The molecule has 6 nitrogen and oxygen atoms in total. The highest BCUT2D eigenvalue weighted by atomic mass is 16.6. The number of non-ortho nitro benzene ring substituents is 1. The van der Waals surface area contributed by atoms with Crippen LogP contribution in [0.5, 0.6) is 5.75 Å². The largest absolute Gasteiger partial charge is 0.487 e. The predicted molar refractivity (Wildman–Crippen MR) is 107 cm³/mol. The minimum Gasteiger partial charge on any atom is -0.487 e. The summed E-state index contributed by atoms with van der Waals surface area (Å²) in [7, 11) is 0. The Morgan fingerprint density at radius 3 is 2.57 bits per heavy atom. The van der Waals surface area contributed by atoms with Gasteiger partial charge in [0.05, 0.1) is 11.5 Å². The van der Waals surface area contributed by atoms with Crippen molar-refractivity contribution < 1.29 is 14.4 Å². The first kappa shape index (κ1) is 18.9. The van der Waals surface area contributed by atoms with Gasteiger partial charge in [0.1, 0.15) is 17.5 Å².